The summed E-state index contributed by atoms with van der Waals surface area (Å²) in [6.07, 6.45) is 6.98. The van der Waals surface area contributed by atoms with E-state index in [1.807, 2.05) is 18.5 Å². The summed E-state index contributed by atoms with van der Waals surface area (Å²) in [5.74, 6) is 0.974. The van der Waals surface area contributed by atoms with Gasteiger partial charge in [0.15, 0.2) is 0 Å². The topological polar surface area (TPSA) is 28.1 Å². The number of hydrogen-bond donors (Lipinski definition) is 1. The lowest BCUT2D eigenvalue weighted by atomic mass is 10.2. The van der Waals surface area contributed by atoms with Crippen molar-refractivity contribution in [3.05, 3.63) is 23.4 Å². The molecule has 0 unspecified atom stereocenters. The molecule has 0 atom stereocenters. The maximum Gasteiger partial charge on any atom is 0.136 e. The van der Waals surface area contributed by atoms with Crippen LogP contribution < -0.4 is 0 Å². The van der Waals surface area contributed by atoms with Crippen LogP contribution in [-0.4, -0.2) is 11.2 Å². The van der Waals surface area contributed by atoms with Gasteiger partial charge >= 0.3 is 0 Å². The molecule has 0 fully saturated rings. The summed E-state index contributed by atoms with van der Waals surface area (Å²) in [6, 6.07) is 2.04. The Kier molecular flexibility index (Phi) is 1.39. The van der Waals surface area contributed by atoms with E-state index in [9.17, 15) is 0 Å². The SMILES string of the molecule is CC1=Cc2cc[nH]c2N=CC1. The lowest BCUT2D eigenvalue weighted by molar-refractivity contribution is 1.30. The predicted molar refractivity (Wildman–Crippen MR) is 47.2 cm³/mol. The molecule has 2 heteroatoms. The second kappa shape index (κ2) is 2.38. The number of nitrogens with one attached hydrogen (secondary N) is 1. The van der Waals surface area contributed by atoms with E-state index in [0.717, 1.165) is 12.2 Å². The van der Waals surface area contributed by atoms with Crippen LogP contribution in [0, 0.1) is 0 Å². The highest BCUT2D eigenvalue weighted by molar-refractivity contribution is 5.75. The molecule has 0 bridgehead atoms. The van der Waals surface area contributed by atoms with Crippen molar-refractivity contribution in [1.82, 2.24) is 4.98 Å². The minimum Gasteiger partial charge on any atom is -0.346 e. The van der Waals surface area contributed by atoms with Crippen LogP contribution in [0.15, 0.2) is 22.8 Å². The van der Waals surface area contributed by atoms with Crippen molar-refractivity contribution < 1.29 is 0 Å². The minimum atomic E-state index is 0.961. The van der Waals surface area contributed by atoms with Crippen LogP contribution in [0.4, 0.5) is 5.82 Å². The number of H-pyrrole nitrogens is 1. The molecule has 2 rings (SSSR count). The molecule has 1 aliphatic rings. The minimum absolute atomic E-state index is 0.961. The Morgan fingerprint density at radius 3 is 3.36 bits per heavy atom. The van der Waals surface area contributed by atoms with Gasteiger partial charge in [-0.2, -0.15) is 0 Å². The summed E-state index contributed by atoms with van der Waals surface area (Å²) in [5, 5.41) is 0. The molecule has 1 aliphatic heterocycles. The van der Waals surface area contributed by atoms with Gasteiger partial charge in [-0.3, -0.25) is 0 Å². The van der Waals surface area contributed by atoms with Crippen molar-refractivity contribution in [3.63, 3.8) is 0 Å². The molecule has 1 aromatic rings. The van der Waals surface area contributed by atoms with Gasteiger partial charge in [-0.15, -0.1) is 0 Å². The Bertz CT molecular complexity index is 318. The van der Waals surface area contributed by atoms with Crippen LogP contribution in [0.3, 0.4) is 0 Å². The van der Waals surface area contributed by atoms with E-state index in [-0.39, 0.29) is 0 Å². The number of allylic oxidation sites excluding steroid dienone is 1. The molecular weight excluding hydrogens is 136 g/mol. The maximum absolute atomic E-state index is 4.26. The number of nitrogens with zero attached hydrogens (tertiary/aromatic N) is 1. The fraction of sp³-hybridized carbons (Fsp3) is 0.222. The van der Waals surface area contributed by atoms with E-state index in [1.165, 1.54) is 11.1 Å². The van der Waals surface area contributed by atoms with E-state index >= 15 is 0 Å². The summed E-state index contributed by atoms with van der Waals surface area (Å²) in [6.45, 7) is 2.12. The smallest absolute Gasteiger partial charge is 0.136 e. The molecule has 0 saturated carbocycles. The molecule has 56 valence electrons. The first kappa shape index (κ1) is 6.40. The number of aliphatic imine (C=N–C) groups is 1. The van der Waals surface area contributed by atoms with Crippen LogP contribution >= 0.6 is 0 Å². The van der Waals surface area contributed by atoms with E-state index in [0.29, 0.717) is 0 Å². The molecule has 0 aliphatic carbocycles. The number of rotatable bonds is 0. The molecule has 1 N–H and O–H groups in total. The zero-order valence-corrected chi connectivity index (χ0v) is 6.46. The van der Waals surface area contributed by atoms with Crippen molar-refractivity contribution in [3.8, 4) is 0 Å². The first-order valence-corrected chi connectivity index (χ1v) is 3.73. The molecule has 0 radical (unpaired) electrons. The normalized spacial score (nSPS) is 15.5. The van der Waals surface area contributed by atoms with Gasteiger partial charge in [-0.1, -0.05) is 11.6 Å². The fourth-order valence-corrected chi connectivity index (χ4v) is 1.21. The Morgan fingerprint density at radius 2 is 2.45 bits per heavy atom. The summed E-state index contributed by atoms with van der Waals surface area (Å²) in [5.41, 5.74) is 2.54. The lowest BCUT2D eigenvalue weighted by Crippen LogP contribution is -1.73. The van der Waals surface area contributed by atoms with Gasteiger partial charge in [-0.05, 0) is 13.0 Å². The van der Waals surface area contributed by atoms with E-state index in [1.54, 1.807) is 0 Å². The number of aromatic amines is 1. The molecule has 2 nitrogen and oxygen atoms in total. The van der Waals surface area contributed by atoms with Gasteiger partial charge in [0.05, 0.1) is 0 Å². The number of hydrogen-bond acceptors (Lipinski definition) is 1. The van der Waals surface area contributed by atoms with Crippen molar-refractivity contribution in [2.24, 2.45) is 4.99 Å². The van der Waals surface area contributed by atoms with Crippen LogP contribution in [0.5, 0.6) is 0 Å². The van der Waals surface area contributed by atoms with Crippen molar-refractivity contribution in [2.45, 2.75) is 13.3 Å². The first-order chi connectivity index (χ1) is 5.36. The Balaban J connectivity index is 2.55. The lowest BCUT2D eigenvalue weighted by Gasteiger charge is -1.89. The van der Waals surface area contributed by atoms with Crippen molar-refractivity contribution >= 4 is 18.1 Å². The zero-order chi connectivity index (χ0) is 7.68. The van der Waals surface area contributed by atoms with E-state index in [4.69, 9.17) is 0 Å². The summed E-state index contributed by atoms with van der Waals surface area (Å²) in [4.78, 5) is 7.34. The monoisotopic (exact) mass is 146 g/mol. The molecular formula is C9H10N2. The number of fused-ring (bicyclic) bond motifs is 1. The van der Waals surface area contributed by atoms with Crippen LogP contribution in [0.2, 0.25) is 0 Å². The fourth-order valence-electron chi connectivity index (χ4n) is 1.21. The van der Waals surface area contributed by atoms with Crippen LogP contribution in [0.1, 0.15) is 18.9 Å². The third kappa shape index (κ3) is 1.11. The quantitative estimate of drug-likeness (QED) is 0.582. The largest absolute Gasteiger partial charge is 0.346 e. The molecule has 0 saturated heterocycles. The number of aromatic nitrogens is 1. The van der Waals surface area contributed by atoms with E-state index in [2.05, 4.69) is 23.0 Å². The third-order valence-corrected chi connectivity index (χ3v) is 1.79. The maximum atomic E-state index is 4.26. The zero-order valence-electron chi connectivity index (χ0n) is 6.46. The van der Waals surface area contributed by atoms with Gasteiger partial charge < -0.3 is 4.98 Å². The summed E-state index contributed by atoms with van der Waals surface area (Å²) < 4.78 is 0. The molecule has 0 spiro atoms. The molecule has 2 heterocycles. The van der Waals surface area contributed by atoms with Gasteiger partial charge in [-0.25, -0.2) is 4.99 Å². The van der Waals surface area contributed by atoms with Crippen LogP contribution in [0.25, 0.3) is 6.08 Å². The van der Waals surface area contributed by atoms with Gasteiger partial charge in [0.1, 0.15) is 5.82 Å². The van der Waals surface area contributed by atoms with Gasteiger partial charge in [0, 0.05) is 24.4 Å². The Morgan fingerprint density at radius 1 is 1.55 bits per heavy atom. The van der Waals surface area contributed by atoms with Crippen LogP contribution in [-0.2, 0) is 0 Å². The Hall–Kier alpha value is -1.31. The van der Waals surface area contributed by atoms with E-state index < -0.39 is 0 Å². The van der Waals surface area contributed by atoms with Gasteiger partial charge in [0.25, 0.3) is 0 Å². The van der Waals surface area contributed by atoms with Crippen molar-refractivity contribution in [2.75, 3.05) is 0 Å². The summed E-state index contributed by atoms with van der Waals surface area (Å²) >= 11 is 0. The second-order valence-electron chi connectivity index (χ2n) is 2.79. The Labute approximate surface area is 65.7 Å². The molecule has 0 aromatic carbocycles. The molecule has 0 amide bonds. The summed E-state index contributed by atoms with van der Waals surface area (Å²) in [7, 11) is 0. The second-order valence-corrected chi connectivity index (χ2v) is 2.79. The highest BCUT2D eigenvalue weighted by Gasteiger charge is 2.01. The highest BCUT2D eigenvalue weighted by Crippen LogP contribution is 2.22. The van der Waals surface area contributed by atoms with Crippen molar-refractivity contribution in [1.29, 1.82) is 0 Å². The van der Waals surface area contributed by atoms with Gasteiger partial charge in [0.2, 0.25) is 0 Å². The standard InChI is InChI=1S/C9H10N2/c1-7-2-4-10-9-8(6-7)3-5-11-9/h3-6,11H,2H2,1H3. The average molecular weight is 146 g/mol. The molecule has 1 aromatic heterocycles. The molecule has 11 heavy (non-hydrogen) atoms. The first-order valence-electron chi connectivity index (χ1n) is 3.73. The highest BCUT2D eigenvalue weighted by atomic mass is 14.9. The third-order valence-electron chi connectivity index (χ3n) is 1.79. The predicted octanol–water partition coefficient (Wildman–Crippen LogP) is 2.52. The average Bonchev–Trinajstić information content (AvgIpc) is 2.31.